The van der Waals surface area contributed by atoms with Crippen molar-refractivity contribution in [3.8, 4) is 0 Å². The van der Waals surface area contributed by atoms with Crippen LogP contribution < -0.4 is 16.4 Å². The molecule has 57 heavy (non-hydrogen) atoms. The molecule has 4 N–H and O–H groups in total. The zero-order chi connectivity index (χ0) is 41.8. The summed E-state index contributed by atoms with van der Waals surface area (Å²) in [5.74, 6) is -2.27. The first-order valence-corrected chi connectivity index (χ1v) is 22.0. The van der Waals surface area contributed by atoms with Crippen LogP contribution in [-0.2, 0) is 30.3 Å². The molecule has 3 amide bonds. The minimum atomic E-state index is -0.759. The van der Waals surface area contributed by atoms with E-state index in [1.165, 1.54) is 23.5 Å². The summed E-state index contributed by atoms with van der Waals surface area (Å²) < 4.78 is 26.3. The molecule has 2 aromatic rings. The van der Waals surface area contributed by atoms with E-state index in [1.807, 2.05) is 32.7 Å². The molecule has 12 nitrogen and oxygen atoms in total. The lowest BCUT2D eigenvalue weighted by Crippen LogP contribution is -2.58. The van der Waals surface area contributed by atoms with Crippen LogP contribution in [0.2, 0.25) is 0 Å². The van der Waals surface area contributed by atoms with E-state index in [1.54, 1.807) is 18.4 Å². The van der Waals surface area contributed by atoms with Crippen molar-refractivity contribution in [1.82, 2.24) is 25.4 Å². The summed E-state index contributed by atoms with van der Waals surface area (Å²) in [5.41, 5.74) is 7.25. The van der Waals surface area contributed by atoms with Gasteiger partial charge in [0, 0.05) is 43.6 Å². The Labute approximate surface area is 343 Å². The van der Waals surface area contributed by atoms with Crippen LogP contribution in [0.4, 0.5) is 4.39 Å². The number of likely N-dealkylation sites (tertiary alicyclic amines) is 1. The number of carbonyl (C=O) groups is 4. The second-order valence-electron chi connectivity index (χ2n) is 16.4. The van der Waals surface area contributed by atoms with E-state index in [9.17, 15) is 23.6 Å². The number of hydrogen-bond acceptors (Lipinski definition) is 10. The number of halogens is 1. The minimum Gasteiger partial charge on any atom is -0.461 e. The number of nitrogens with zero attached hydrogens (tertiary/aromatic N) is 3. The van der Waals surface area contributed by atoms with Gasteiger partial charge in [-0.2, -0.15) is 0 Å². The number of amides is 3. The summed E-state index contributed by atoms with van der Waals surface area (Å²) in [5, 5.41) is 8.60. The van der Waals surface area contributed by atoms with Gasteiger partial charge >= 0.3 is 5.97 Å². The Morgan fingerprint density at radius 3 is 2.51 bits per heavy atom. The number of hydrogen-bond donors (Lipinski definition) is 3. The maximum Gasteiger partial charge on any atom is 0.313 e. The van der Waals surface area contributed by atoms with Crippen LogP contribution in [0.25, 0.3) is 0 Å². The van der Waals surface area contributed by atoms with Gasteiger partial charge in [-0.25, -0.2) is 9.37 Å². The summed E-state index contributed by atoms with van der Waals surface area (Å²) in [6.07, 6.45) is 5.23. The van der Waals surface area contributed by atoms with Crippen molar-refractivity contribution in [1.29, 1.82) is 0 Å². The van der Waals surface area contributed by atoms with E-state index >= 15 is 0 Å². The van der Waals surface area contributed by atoms with Gasteiger partial charge in [0.1, 0.15) is 34.8 Å². The quantitative estimate of drug-likeness (QED) is 0.134. The van der Waals surface area contributed by atoms with Crippen molar-refractivity contribution in [3.63, 3.8) is 0 Å². The van der Waals surface area contributed by atoms with Gasteiger partial charge in [-0.1, -0.05) is 60.5 Å². The van der Waals surface area contributed by atoms with E-state index in [0.29, 0.717) is 36.6 Å². The van der Waals surface area contributed by atoms with Crippen molar-refractivity contribution in [2.75, 3.05) is 33.3 Å². The first-order valence-electron chi connectivity index (χ1n) is 21.1. The molecule has 1 aromatic heterocycles. The molecule has 2 heterocycles. The van der Waals surface area contributed by atoms with Gasteiger partial charge in [0.2, 0.25) is 11.8 Å². The standard InChI is InChI=1S/C43H67FN6O6S/c1-9-17-50(42(53)38(27(6)11-3)48-40(52)35-14-12-13-18-49(35)8)36(26(4)5)23-37(55-19-10-2)41-47-34(25-57-41)39(51)46-31-20-29-15-16-30(44)21-32(29)33(22-31)43(54)56-28(7)24-45/h15-16,21,25-28,31,33,35-38H,9-14,17-20,22-24,45H2,1-8H3,(H,46,51)(H,48,52). The van der Waals surface area contributed by atoms with Crippen LogP contribution in [0.5, 0.6) is 0 Å². The lowest BCUT2D eigenvalue weighted by Gasteiger charge is -2.40. The second-order valence-corrected chi connectivity index (χ2v) is 17.3. The van der Waals surface area contributed by atoms with Crippen LogP contribution in [0.3, 0.4) is 0 Å². The van der Waals surface area contributed by atoms with Gasteiger partial charge in [-0.3, -0.25) is 24.1 Å². The molecule has 1 aliphatic carbocycles. The van der Waals surface area contributed by atoms with Crippen LogP contribution >= 0.6 is 11.3 Å². The molecule has 4 rings (SSSR count). The fourth-order valence-corrected chi connectivity index (χ4v) is 8.83. The highest BCUT2D eigenvalue weighted by molar-refractivity contribution is 7.09. The molecule has 2 aliphatic rings. The lowest BCUT2D eigenvalue weighted by molar-refractivity contribution is -0.150. The molecule has 0 radical (unpaired) electrons. The molecule has 0 bridgehead atoms. The molecular formula is C43H67FN6O6S. The highest BCUT2D eigenvalue weighted by Gasteiger charge is 2.39. The molecule has 1 saturated heterocycles. The molecule has 0 spiro atoms. The summed E-state index contributed by atoms with van der Waals surface area (Å²) in [6.45, 7) is 16.1. The van der Waals surface area contributed by atoms with E-state index in [4.69, 9.17) is 20.2 Å². The average molecular weight is 815 g/mol. The van der Waals surface area contributed by atoms with Gasteiger partial charge in [0.15, 0.2) is 0 Å². The summed E-state index contributed by atoms with van der Waals surface area (Å²) >= 11 is 1.34. The third-order valence-corrected chi connectivity index (χ3v) is 12.5. The van der Waals surface area contributed by atoms with E-state index in [0.717, 1.165) is 50.6 Å². The van der Waals surface area contributed by atoms with Crippen molar-refractivity contribution in [2.24, 2.45) is 17.6 Å². The Hall–Kier alpha value is -3.46. The summed E-state index contributed by atoms with van der Waals surface area (Å²) in [7, 11) is 1.98. The Balaban J connectivity index is 1.54. The Bertz CT molecular complexity index is 1640. The maximum absolute atomic E-state index is 14.7. The molecule has 1 fully saturated rings. The number of thiazole rings is 1. The van der Waals surface area contributed by atoms with Gasteiger partial charge in [0.05, 0.1) is 12.0 Å². The highest BCUT2D eigenvalue weighted by Crippen LogP contribution is 2.35. The number of nitrogens with two attached hydrogens (primary N) is 1. The zero-order valence-corrected chi connectivity index (χ0v) is 36.2. The first-order chi connectivity index (χ1) is 27.2. The number of likely N-dealkylation sites (N-methyl/N-ethyl adjacent to an activating group) is 1. The number of fused-ring (bicyclic) bond motifs is 1. The topological polar surface area (TPSA) is 156 Å². The van der Waals surface area contributed by atoms with Gasteiger partial charge in [0.25, 0.3) is 5.91 Å². The fourth-order valence-electron chi connectivity index (χ4n) is 7.97. The van der Waals surface area contributed by atoms with E-state index < -0.39 is 42.0 Å². The molecule has 1 aliphatic heterocycles. The van der Waals surface area contributed by atoms with Crippen LogP contribution in [0.1, 0.15) is 138 Å². The van der Waals surface area contributed by atoms with Crippen LogP contribution in [-0.4, -0.2) is 102 Å². The zero-order valence-electron chi connectivity index (χ0n) is 35.4. The number of esters is 1. The number of nitrogens with one attached hydrogen (secondary N) is 2. The van der Waals surface area contributed by atoms with E-state index in [2.05, 4.69) is 36.3 Å². The lowest BCUT2D eigenvalue weighted by atomic mass is 9.80. The molecule has 1 aromatic carbocycles. The number of benzene rings is 1. The van der Waals surface area contributed by atoms with Crippen molar-refractivity contribution in [2.45, 2.75) is 149 Å². The second kappa shape index (κ2) is 22.1. The molecule has 8 atom stereocenters. The van der Waals surface area contributed by atoms with Gasteiger partial charge < -0.3 is 30.7 Å². The van der Waals surface area contributed by atoms with Crippen LogP contribution in [0.15, 0.2) is 23.6 Å². The molecule has 0 saturated carbocycles. The number of piperidine rings is 1. The first kappa shape index (κ1) is 46.2. The monoisotopic (exact) mass is 814 g/mol. The van der Waals surface area contributed by atoms with Gasteiger partial charge in [-0.05, 0) is 94.1 Å². The van der Waals surface area contributed by atoms with Crippen molar-refractivity contribution < 1.29 is 33.0 Å². The number of rotatable bonds is 20. The smallest absolute Gasteiger partial charge is 0.313 e. The largest absolute Gasteiger partial charge is 0.461 e. The number of aromatic nitrogens is 1. The fraction of sp³-hybridized carbons (Fsp3) is 0.698. The Morgan fingerprint density at radius 2 is 1.86 bits per heavy atom. The predicted octanol–water partition coefficient (Wildman–Crippen LogP) is 6.14. The SMILES string of the molecule is CCCOC(CC(C(C)C)N(CCC)C(=O)C(NC(=O)C1CCCCN1C)C(C)CC)c1nc(C(=O)NC2Cc3ccc(F)cc3C(C(=O)OC(C)CN)C2)cs1. The van der Waals surface area contributed by atoms with Crippen molar-refractivity contribution >= 4 is 35.0 Å². The third kappa shape index (κ3) is 12.3. The normalized spacial score (nSPS) is 21.1. The van der Waals surface area contributed by atoms with E-state index in [-0.39, 0.29) is 60.3 Å². The molecule has 8 unspecified atom stereocenters. The number of carbonyl (C=O) groups excluding carboxylic acids is 4. The Kier molecular flexibility index (Phi) is 17.9. The highest BCUT2D eigenvalue weighted by atomic mass is 32.1. The van der Waals surface area contributed by atoms with Crippen molar-refractivity contribution in [3.05, 3.63) is 51.2 Å². The predicted molar refractivity (Wildman–Crippen MR) is 221 cm³/mol. The molecule has 318 valence electrons. The average Bonchev–Trinajstić information content (AvgIpc) is 3.69. The molecular weight excluding hydrogens is 748 g/mol. The molecule has 14 heteroatoms. The van der Waals surface area contributed by atoms with Gasteiger partial charge in [-0.15, -0.1) is 11.3 Å². The van der Waals surface area contributed by atoms with Crippen LogP contribution in [0, 0.1) is 17.7 Å². The number of ether oxygens (including phenoxy) is 2. The Morgan fingerprint density at radius 1 is 1.11 bits per heavy atom. The maximum atomic E-state index is 14.7. The third-order valence-electron chi connectivity index (χ3n) is 11.5. The minimum absolute atomic E-state index is 0.0591. The summed E-state index contributed by atoms with van der Waals surface area (Å²) in [6, 6.07) is 2.82. The summed E-state index contributed by atoms with van der Waals surface area (Å²) in [4.78, 5) is 64.1.